The van der Waals surface area contributed by atoms with Crippen LogP contribution in [0.5, 0.6) is 0 Å². The molecule has 0 N–H and O–H groups in total. The van der Waals surface area contributed by atoms with Gasteiger partial charge in [0, 0.05) is 37.4 Å². The van der Waals surface area contributed by atoms with Crippen LogP contribution in [0.4, 0.5) is 0 Å². The van der Waals surface area contributed by atoms with Gasteiger partial charge in [-0.05, 0) is 0 Å². The number of allylic oxidation sites excluding steroid dienone is 5. The Morgan fingerprint density at radius 2 is 2.07 bits per heavy atom. The van der Waals surface area contributed by atoms with E-state index in [1.165, 1.54) is 0 Å². The van der Waals surface area contributed by atoms with Crippen molar-refractivity contribution in [2.24, 2.45) is 5.92 Å². The van der Waals surface area contributed by atoms with E-state index in [4.69, 9.17) is 0 Å². The summed E-state index contributed by atoms with van der Waals surface area (Å²) >= 11 is 0. The van der Waals surface area contributed by atoms with Crippen LogP contribution in [0.3, 0.4) is 0 Å². The molecule has 0 saturated heterocycles. The number of ketones is 1. The minimum absolute atomic E-state index is 0.0618. The fourth-order valence-corrected chi connectivity index (χ4v) is 1.36. The molecule has 1 rings (SSSR count). The zero-order valence-electron chi connectivity index (χ0n) is 9.24. The first-order valence-electron chi connectivity index (χ1n) is 4.83. The van der Waals surface area contributed by atoms with Crippen LogP contribution in [0.25, 0.3) is 0 Å². The van der Waals surface area contributed by atoms with E-state index >= 15 is 0 Å². The van der Waals surface area contributed by atoms with Crippen molar-refractivity contribution in [3.63, 3.8) is 0 Å². The highest BCUT2D eigenvalue weighted by atomic mass is 16.1. The molecule has 0 radical (unpaired) electrons. The third-order valence-electron chi connectivity index (χ3n) is 2.04. The smallest absolute Gasteiger partial charge is 0.166 e. The van der Waals surface area contributed by atoms with Crippen LogP contribution in [0.1, 0.15) is 13.8 Å². The highest BCUT2D eigenvalue weighted by Crippen LogP contribution is 2.22. The molecular formula is C12H17NO. The number of rotatable bonds is 3. The van der Waals surface area contributed by atoms with Crippen LogP contribution < -0.4 is 0 Å². The van der Waals surface area contributed by atoms with Crippen molar-refractivity contribution in [2.75, 3.05) is 14.1 Å². The van der Waals surface area contributed by atoms with E-state index in [0.717, 1.165) is 11.1 Å². The van der Waals surface area contributed by atoms with Gasteiger partial charge in [-0.25, -0.2) is 0 Å². The topological polar surface area (TPSA) is 20.3 Å². The van der Waals surface area contributed by atoms with Gasteiger partial charge in [0.1, 0.15) is 0 Å². The maximum absolute atomic E-state index is 11.8. The molecule has 0 spiro atoms. The van der Waals surface area contributed by atoms with Crippen LogP contribution in [-0.2, 0) is 4.79 Å². The van der Waals surface area contributed by atoms with Gasteiger partial charge >= 0.3 is 0 Å². The average Bonchev–Trinajstić information content (AvgIpc) is 2.49. The van der Waals surface area contributed by atoms with Crippen LogP contribution in [-0.4, -0.2) is 24.8 Å². The van der Waals surface area contributed by atoms with Gasteiger partial charge in [-0.2, -0.15) is 0 Å². The molecule has 0 aliphatic heterocycles. The maximum Gasteiger partial charge on any atom is 0.166 e. The molecule has 76 valence electrons. The number of carbonyl (C=O) groups is 1. The minimum Gasteiger partial charge on any atom is -0.383 e. The Hall–Kier alpha value is -1.31. The first-order chi connectivity index (χ1) is 6.52. The summed E-state index contributed by atoms with van der Waals surface area (Å²) in [6.07, 6.45) is 7.74. The zero-order valence-corrected chi connectivity index (χ0v) is 9.24. The summed E-state index contributed by atoms with van der Waals surface area (Å²) in [6, 6.07) is 0. The first kappa shape index (κ1) is 10.8. The number of Topliss-reactive ketones (excluding diaryl/α,β-unsaturated/α-hetero) is 1. The molecule has 0 unspecified atom stereocenters. The lowest BCUT2D eigenvalue weighted by Crippen LogP contribution is -2.12. The van der Waals surface area contributed by atoms with Crippen LogP contribution >= 0.6 is 0 Å². The molecule has 0 saturated carbocycles. The minimum atomic E-state index is 0.0618. The molecule has 0 fully saturated rings. The number of nitrogens with zero attached hydrogens (tertiary/aromatic N) is 1. The van der Waals surface area contributed by atoms with Crippen LogP contribution in [0.2, 0.25) is 0 Å². The number of carbonyl (C=O) groups excluding carboxylic acids is 1. The molecule has 0 atom stereocenters. The normalized spacial score (nSPS) is 17.8. The van der Waals surface area contributed by atoms with Crippen molar-refractivity contribution in [1.82, 2.24) is 4.90 Å². The van der Waals surface area contributed by atoms with Gasteiger partial charge in [0.05, 0.1) is 0 Å². The largest absolute Gasteiger partial charge is 0.383 e. The fraction of sp³-hybridized carbons (Fsp3) is 0.417. The molecule has 0 aromatic carbocycles. The second-order valence-electron chi connectivity index (χ2n) is 4.01. The van der Waals surface area contributed by atoms with Crippen molar-refractivity contribution in [3.8, 4) is 0 Å². The Morgan fingerprint density at radius 1 is 1.43 bits per heavy atom. The van der Waals surface area contributed by atoms with Gasteiger partial charge < -0.3 is 4.90 Å². The summed E-state index contributed by atoms with van der Waals surface area (Å²) in [6.45, 7) is 3.85. The van der Waals surface area contributed by atoms with Gasteiger partial charge in [0.15, 0.2) is 5.78 Å². The predicted octanol–water partition coefficient (Wildman–Crippen LogP) is 2.15. The van der Waals surface area contributed by atoms with Gasteiger partial charge in [-0.3, -0.25) is 4.79 Å². The molecular weight excluding hydrogens is 174 g/mol. The van der Waals surface area contributed by atoms with Crippen LogP contribution in [0.15, 0.2) is 35.6 Å². The first-order valence-corrected chi connectivity index (χ1v) is 4.83. The second-order valence-corrected chi connectivity index (χ2v) is 4.01. The predicted molar refractivity (Wildman–Crippen MR) is 58.8 cm³/mol. The summed E-state index contributed by atoms with van der Waals surface area (Å²) in [5.41, 5.74) is 1.84. The Balaban J connectivity index is 2.87. The summed E-state index contributed by atoms with van der Waals surface area (Å²) < 4.78 is 0. The molecule has 0 aromatic heterocycles. The SMILES string of the molecule is CC(C)C(=O)C1=CC=C/C1=C\N(C)C. The Labute approximate surface area is 85.6 Å². The second kappa shape index (κ2) is 4.27. The molecule has 2 nitrogen and oxygen atoms in total. The molecule has 1 aliphatic carbocycles. The highest BCUT2D eigenvalue weighted by Gasteiger charge is 2.18. The Kier molecular flexibility index (Phi) is 3.28. The summed E-state index contributed by atoms with van der Waals surface area (Å²) in [7, 11) is 3.91. The third-order valence-corrected chi connectivity index (χ3v) is 2.04. The van der Waals surface area contributed by atoms with Crippen molar-refractivity contribution < 1.29 is 4.79 Å². The van der Waals surface area contributed by atoms with Crippen molar-refractivity contribution in [3.05, 3.63) is 35.6 Å². The standard InChI is InChI=1S/C12H17NO/c1-9(2)12(14)11-7-5-6-10(11)8-13(3)4/h5-9H,1-4H3/b10-8+. The lowest BCUT2D eigenvalue weighted by Gasteiger charge is -2.10. The van der Waals surface area contributed by atoms with E-state index in [9.17, 15) is 4.79 Å². The van der Waals surface area contributed by atoms with E-state index in [-0.39, 0.29) is 11.7 Å². The maximum atomic E-state index is 11.8. The summed E-state index contributed by atoms with van der Waals surface area (Å²) in [5.74, 6) is 0.273. The molecule has 14 heavy (non-hydrogen) atoms. The zero-order chi connectivity index (χ0) is 10.7. The molecule has 0 aromatic rings. The quantitative estimate of drug-likeness (QED) is 0.681. The van der Waals surface area contributed by atoms with Gasteiger partial charge in [0.2, 0.25) is 0 Å². The Morgan fingerprint density at radius 3 is 2.57 bits per heavy atom. The summed E-state index contributed by atoms with van der Waals surface area (Å²) in [5, 5.41) is 0. The van der Waals surface area contributed by atoms with Gasteiger partial charge in [-0.1, -0.05) is 32.1 Å². The van der Waals surface area contributed by atoms with Crippen LogP contribution in [0, 0.1) is 5.92 Å². The number of hydrogen-bond donors (Lipinski definition) is 0. The Bertz CT molecular complexity index is 319. The fourth-order valence-electron chi connectivity index (χ4n) is 1.36. The average molecular weight is 191 g/mol. The monoisotopic (exact) mass is 191 g/mol. The molecule has 2 heteroatoms. The van der Waals surface area contributed by atoms with Gasteiger partial charge in [-0.15, -0.1) is 0 Å². The lowest BCUT2D eigenvalue weighted by molar-refractivity contribution is -0.118. The highest BCUT2D eigenvalue weighted by molar-refractivity contribution is 6.02. The van der Waals surface area contributed by atoms with Crippen molar-refractivity contribution in [2.45, 2.75) is 13.8 Å². The molecule has 0 heterocycles. The summed E-state index contributed by atoms with van der Waals surface area (Å²) in [4.78, 5) is 13.7. The van der Waals surface area contributed by atoms with E-state index in [2.05, 4.69) is 0 Å². The number of hydrogen-bond acceptors (Lipinski definition) is 2. The van der Waals surface area contributed by atoms with E-state index in [0.29, 0.717) is 0 Å². The van der Waals surface area contributed by atoms with E-state index < -0.39 is 0 Å². The van der Waals surface area contributed by atoms with E-state index in [1.807, 2.05) is 57.3 Å². The van der Waals surface area contributed by atoms with Crippen molar-refractivity contribution in [1.29, 1.82) is 0 Å². The molecule has 0 bridgehead atoms. The van der Waals surface area contributed by atoms with Crippen molar-refractivity contribution >= 4 is 5.78 Å². The van der Waals surface area contributed by atoms with Gasteiger partial charge in [0.25, 0.3) is 0 Å². The lowest BCUT2D eigenvalue weighted by atomic mass is 9.97. The third kappa shape index (κ3) is 2.34. The molecule has 1 aliphatic rings. The van der Waals surface area contributed by atoms with E-state index in [1.54, 1.807) is 0 Å². The molecule has 0 amide bonds.